The third kappa shape index (κ3) is 3.97. The number of anilines is 1. The number of hydrogen-bond acceptors (Lipinski definition) is 4. The Morgan fingerprint density at radius 1 is 1.19 bits per heavy atom. The Kier molecular flexibility index (Phi) is 5.74. The summed E-state index contributed by atoms with van der Waals surface area (Å²) in [6, 6.07) is 13.6. The molecule has 0 aliphatic carbocycles. The topological polar surface area (TPSA) is 29.5 Å². The van der Waals surface area contributed by atoms with Crippen LogP contribution in [0.2, 0.25) is 0 Å². The molecule has 1 heterocycles. The highest BCUT2D eigenvalue weighted by Gasteiger charge is 2.34. The summed E-state index contributed by atoms with van der Waals surface area (Å²) in [5.74, 6) is 0.286. The van der Waals surface area contributed by atoms with Gasteiger partial charge in [-0.05, 0) is 30.2 Å². The molecule has 0 bridgehead atoms. The van der Waals surface area contributed by atoms with Crippen LogP contribution in [-0.4, -0.2) is 16.8 Å². The van der Waals surface area contributed by atoms with Crippen LogP contribution in [-0.2, 0) is 4.79 Å². The minimum Gasteiger partial charge on any atom is -0.493 e. The van der Waals surface area contributed by atoms with E-state index in [-0.39, 0.29) is 11.6 Å². The average molecular weight is 388 g/mol. The molecule has 3 rings (SSSR count). The number of rotatable bonds is 5. The van der Waals surface area contributed by atoms with Gasteiger partial charge in [0.15, 0.2) is 4.32 Å². The Labute approximate surface area is 161 Å². The summed E-state index contributed by atoms with van der Waals surface area (Å²) in [5.41, 5.74) is 0.963. The number of hydrogen-bond donors (Lipinski definition) is 0. The second kappa shape index (κ2) is 8.01. The Hall–Kier alpha value is -2.18. The molecule has 1 aliphatic rings. The van der Waals surface area contributed by atoms with Crippen LogP contribution in [0.3, 0.4) is 0 Å². The number of amides is 1. The minimum atomic E-state index is -0.481. The number of para-hydroxylation sites is 2. The summed E-state index contributed by atoms with van der Waals surface area (Å²) in [4.78, 5) is 14.5. The van der Waals surface area contributed by atoms with Crippen molar-refractivity contribution in [3.63, 3.8) is 0 Å². The number of nitrogens with zero attached hydrogens (tertiary/aromatic N) is 1. The molecule has 1 fully saturated rings. The van der Waals surface area contributed by atoms with Crippen LogP contribution in [0, 0.1) is 11.7 Å². The van der Waals surface area contributed by atoms with Gasteiger partial charge in [-0.3, -0.25) is 9.69 Å². The van der Waals surface area contributed by atoms with Gasteiger partial charge in [-0.2, -0.15) is 0 Å². The normalized spacial score (nSPS) is 16.0. The van der Waals surface area contributed by atoms with Crippen LogP contribution in [0.25, 0.3) is 6.08 Å². The first kappa shape index (κ1) is 18.6. The molecule has 2 aromatic carbocycles. The van der Waals surface area contributed by atoms with Crippen molar-refractivity contribution < 1.29 is 13.9 Å². The minimum absolute atomic E-state index is 0.169. The summed E-state index contributed by atoms with van der Waals surface area (Å²) in [7, 11) is 0. The third-order valence-electron chi connectivity index (χ3n) is 3.66. The standard InChI is InChI=1S/C20H18FNO2S2/c1-13(2)12-24-17-10-6-3-7-14(17)11-18-19(23)22(20(25)26-18)16-9-5-4-8-15(16)21/h3-11,13H,12H2,1-2H3/b18-11-. The fourth-order valence-electron chi connectivity index (χ4n) is 2.44. The van der Waals surface area contributed by atoms with Crippen molar-refractivity contribution in [3.8, 4) is 5.75 Å². The highest BCUT2D eigenvalue weighted by molar-refractivity contribution is 8.27. The third-order valence-corrected chi connectivity index (χ3v) is 4.97. The molecule has 0 atom stereocenters. The molecule has 0 aromatic heterocycles. The molecular formula is C20H18FNO2S2. The fourth-order valence-corrected chi connectivity index (χ4v) is 3.71. The van der Waals surface area contributed by atoms with Crippen molar-refractivity contribution in [1.82, 2.24) is 0 Å². The molecule has 0 radical (unpaired) electrons. The van der Waals surface area contributed by atoms with Gasteiger partial charge in [0.1, 0.15) is 11.6 Å². The van der Waals surface area contributed by atoms with E-state index in [1.165, 1.54) is 11.0 Å². The van der Waals surface area contributed by atoms with Gasteiger partial charge < -0.3 is 4.74 Å². The van der Waals surface area contributed by atoms with E-state index >= 15 is 0 Å². The van der Waals surface area contributed by atoms with E-state index in [0.29, 0.717) is 27.5 Å². The second-order valence-electron chi connectivity index (χ2n) is 6.21. The van der Waals surface area contributed by atoms with Crippen LogP contribution < -0.4 is 9.64 Å². The van der Waals surface area contributed by atoms with E-state index in [4.69, 9.17) is 17.0 Å². The summed E-state index contributed by atoms with van der Waals surface area (Å²) < 4.78 is 20.2. The molecule has 6 heteroatoms. The summed E-state index contributed by atoms with van der Waals surface area (Å²) in [6.07, 6.45) is 1.75. The van der Waals surface area contributed by atoms with Gasteiger partial charge in [0, 0.05) is 5.56 Å². The maximum atomic E-state index is 14.1. The summed E-state index contributed by atoms with van der Waals surface area (Å²) in [6.45, 7) is 4.73. The van der Waals surface area contributed by atoms with Crippen molar-refractivity contribution in [2.75, 3.05) is 11.5 Å². The van der Waals surface area contributed by atoms with Crippen molar-refractivity contribution >= 4 is 46.0 Å². The monoisotopic (exact) mass is 387 g/mol. The van der Waals surface area contributed by atoms with Crippen LogP contribution in [0.15, 0.2) is 53.4 Å². The molecule has 2 aromatic rings. The first-order chi connectivity index (χ1) is 12.5. The molecule has 134 valence electrons. The predicted molar refractivity (Wildman–Crippen MR) is 109 cm³/mol. The largest absolute Gasteiger partial charge is 0.493 e. The number of carbonyl (C=O) groups is 1. The smallest absolute Gasteiger partial charge is 0.270 e. The van der Waals surface area contributed by atoms with Gasteiger partial charge in [0.25, 0.3) is 5.91 Å². The Morgan fingerprint density at radius 3 is 2.62 bits per heavy atom. The van der Waals surface area contributed by atoms with Gasteiger partial charge >= 0.3 is 0 Å². The van der Waals surface area contributed by atoms with E-state index < -0.39 is 5.82 Å². The number of ether oxygens (including phenoxy) is 1. The average Bonchev–Trinajstić information content (AvgIpc) is 2.88. The zero-order chi connectivity index (χ0) is 18.7. The van der Waals surface area contributed by atoms with E-state index in [2.05, 4.69) is 13.8 Å². The van der Waals surface area contributed by atoms with Gasteiger partial charge in [0.05, 0.1) is 17.2 Å². The van der Waals surface area contributed by atoms with Crippen LogP contribution in [0.4, 0.5) is 10.1 Å². The second-order valence-corrected chi connectivity index (χ2v) is 7.89. The molecule has 1 amide bonds. The quantitative estimate of drug-likeness (QED) is 0.517. The van der Waals surface area contributed by atoms with Crippen molar-refractivity contribution in [3.05, 3.63) is 64.8 Å². The van der Waals surface area contributed by atoms with E-state index in [9.17, 15) is 9.18 Å². The first-order valence-electron chi connectivity index (χ1n) is 8.21. The molecule has 0 unspecified atom stereocenters. The van der Waals surface area contributed by atoms with E-state index in [1.807, 2.05) is 24.3 Å². The first-order valence-corrected chi connectivity index (χ1v) is 9.44. The number of halogens is 1. The number of thioether (sulfide) groups is 1. The molecular weight excluding hydrogens is 369 g/mol. The SMILES string of the molecule is CC(C)COc1ccccc1/C=C1\SC(=S)N(c2ccccc2F)C1=O. The number of thiocarbonyl (C=S) groups is 1. The van der Waals surface area contributed by atoms with Crippen LogP contribution in [0.1, 0.15) is 19.4 Å². The lowest BCUT2D eigenvalue weighted by Crippen LogP contribution is -2.28. The lowest BCUT2D eigenvalue weighted by atomic mass is 10.1. The maximum absolute atomic E-state index is 14.1. The Morgan fingerprint density at radius 2 is 1.88 bits per heavy atom. The number of benzene rings is 2. The van der Waals surface area contributed by atoms with Crippen molar-refractivity contribution in [2.45, 2.75) is 13.8 Å². The summed E-state index contributed by atoms with van der Waals surface area (Å²) in [5, 5.41) is 0. The van der Waals surface area contributed by atoms with Crippen molar-refractivity contribution in [2.24, 2.45) is 5.92 Å². The van der Waals surface area contributed by atoms with Gasteiger partial charge in [0.2, 0.25) is 0 Å². The van der Waals surface area contributed by atoms with Crippen molar-refractivity contribution in [1.29, 1.82) is 0 Å². The van der Waals surface area contributed by atoms with Gasteiger partial charge in [-0.25, -0.2) is 4.39 Å². The lowest BCUT2D eigenvalue weighted by molar-refractivity contribution is -0.113. The maximum Gasteiger partial charge on any atom is 0.270 e. The zero-order valence-electron chi connectivity index (χ0n) is 14.4. The molecule has 3 nitrogen and oxygen atoms in total. The van der Waals surface area contributed by atoms with E-state index in [1.54, 1.807) is 24.3 Å². The summed E-state index contributed by atoms with van der Waals surface area (Å²) >= 11 is 6.46. The Bertz CT molecular complexity index is 880. The fraction of sp³-hybridized carbons (Fsp3) is 0.200. The highest BCUT2D eigenvalue weighted by atomic mass is 32.2. The van der Waals surface area contributed by atoms with Crippen LogP contribution in [0.5, 0.6) is 5.75 Å². The molecule has 0 spiro atoms. The zero-order valence-corrected chi connectivity index (χ0v) is 16.1. The Balaban J connectivity index is 1.91. The molecule has 1 aliphatic heterocycles. The molecule has 0 saturated carbocycles. The molecule has 26 heavy (non-hydrogen) atoms. The van der Waals surface area contributed by atoms with E-state index in [0.717, 1.165) is 17.3 Å². The molecule has 1 saturated heterocycles. The lowest BCUT2D eigenvalue weighted by Gasteiger charge is -2.15. The van der Waals surface area contributed by atoms with Gasteiger partial charge in [-0.15, -0.1) is 0 Å². The predicted octanol–water partition coefficient (Wildman–Crippen LogP) is 5.27. The van der Waals surface area contributed by atoms with Gasteiger partial charge in [-0.1, -0.05) is 68.2 Å². The highest BCUT2D eigenvalue weighted by Crippen LogP contribution is 2.37. The van der Waals surface area contributed by atoms with Crippen LogP contribution >= 0.6 is 24.0 Å². The number of carbonyl (C=O) groups excluding carboxylic acids is 1. The molecule has 0 N–H and O–H groups in total.